The summed E-state index contributed by atoms with van der Waals surface area (Å²) in [5.74, 6) is -0.373. The van der Waals surface area contributed by atoms with Crippen LogP contribution in [0.3, 0.4) is 0 Å². The van der Waals surface area contributed by atoms with Gasteiger partial charge in [0.25, 0.3) is 0 Å². The molecular formula is C12H12FNO2. The second-order valence-electron chi connectivity index (χ2n) is 4.38. The number of carbonyl (C=O) groups is 1. The van der Waals surface area contributed by atoms with E-state index in [9.17, 15) is 9.18 Å². The predicted octanol–water partition coefficient (Wildman–Crippen LogP) is 1.33. The molecule has 0 unspecified atom stereocenters. The highest BCUT2D eigenvalue weighted by Crippen LogP contribution is 2.55. The maximum atomic E-state index is 13.5. The van der Waals surface area contributed by atoms with Crippen LogP contribution in [-0.4, -0.2) is 18.6 Å². The average Bonchev–Trinajstić information content (AvgIpc) is 3.04. The van der Waals surface area contributed by atoms with Crippen LogP contribution in [0.1, 0.15) is 23.5 Å². The Morgan fingerprint density at radius 2 is 2.44 bits per heavy atom. The van der Waals surface area contributed by atoms with Crippen LogP contribution in [0.25, 0.3) is 0 Å². The molecule has 2 atom stereocenters. The van der Waals surface area contributed by atoms with E-state index in [4.69, 9.17) is 4.74 Å². The molecular weight excluding hydrogens is 209 g/mol. The summed E-state index contributed by atoms with van der Waals surface area (Å²) >= 11 is 0. The topological polar surface area (TPSA) is 38.3 Å². The summed E-state index contributed by atoms with van der Waals surface area (Å²) in [7, 11) is 1.38. The lowest BCUT2D eigenvalue weighted by molar-refractivity contribution is -0.144. The predicted molar refractivity (Wildman–Crippen MR) is 55.3 cm³/mol. The van der Waals surface area contributed by atoms with Gasteiger partial charge in [0.15, 0.2) is 0 Å². The van der Waals surface area contributed by atoms with Crippen molar-refractivity contribution in [2.24, 2.45) is 0 Å². The van der Waals surface area contributed by atoms with Crippen molar-refractivity contribution in [1.82, 2.24) is 5.32 Å². The Morgan fingerprint density at radius 3 is 3.19 bits per heavy atom. The number of hydrogen-bond donors (Lipinski definition) is 1. The minimum Gasteiger partial charge on any atom is -0.468 e. The first-order valence-corrected chi connectivity index (χ1v) is 5.30. The van der Waals surface area contributed by atoms with Crippen LogP contribution < -0.4 is 5.32 Å². The van der Waals surface area contributed by atoms with Crippen LogP contribution in [0, 0.1) is 5.82 Å². The molecule has 1 aliphatic carbocycles. The maximum Gasteiger partial charge on any atom is 0.326 e. The Balaban J connectivity index is 2.02. The number of carbonyl (C=O) groups excluding carboxylic acids is 1. The minimum absolute atomic E-state index is 0.0689. The summed E-state index contributed by atoms with van der Waals surface area (Å²) in [5.41, 5.74) is 1.05. The molecule has 2 aliphatic rings. The Hall–Kier alpha value is -1.42. The van der Waals surface area contributed by atoms with Crippen molar-refractivity contribution in [3.63, 3.8) is 0 Å². The zero-order valence-corrected chi connectivity index (χ0v) is 8.92. The van der Waals surface area contributed by atoms with Crippen LogP contribution in [0.4, 0.5) is 4.39 Å². The molecule has 4 heteroatoms. The standard InChI is InChI=1S/C12H12FNO2/c1-16-11(15)12-5-9(12)7-3-2-4-10(13)8(7)6-14-12/h2-4,9,14H,5-6H2,1H3/t9-,12+/m1/s1. The minimum atomic E-state index is -0.588. The van der Waals surface area contributed by atoms with Crippen molar-refractivity contribution < 1.29 is 13.9 Å². The van der Waals surface area contributed by atoms with E-state index in [-0.39, 0.29) is 17.7 Å². The Kier molecular flexibility index (Phi) is 1.86. The third-order valence-electron chi connectivity index (χ3n) is 3.62. The summed E-state index contributed by atoms with van der Waals surface area (Å²) in [6.07, 6.45) is 0.704. The first-order valence-electron chi connectivity index (χ1n) is 5.30. The first kappa shape index (κ1) is 9.78. The SMILES string of the molecule is COC(=O)[C@]12C[C@@H]1c1cccc(F)c1CN2. The molecule has 0 radical (unpaired) electrons. The van der Waals surface area contributed by atoms with Gasteiger partial charge >= 0.3 is 5.97 Å². The number of fused-ring (bicyclic) bond motifs is 3. The highest BCUT2D eigenvalue weighted by atomic mass is 19.1. The lowest BCUT2D eigenvalue weighted by Gasteiger charge is -2.24. The van der Waals surface area contributed by atoms with Crippen LogP contribution in [-0.2, 0) is 16.1 Å². The molecule has 0 aromatic heterocycles. The van der Waals surface area contributed by atoms with Gasteiger partial charge in [0.05, 0.1) is 7.11 Å². The fourth-order valence-electron chi connectivity index (χ4n) is 2.65. The van der Waals surface area contributed by atoms with Gasteiger partial charge in [-0.1, -0.05) is 12.1 Å². The normalized spacial score (nSPS) is 30.2. The molecule has 1 fully saturated rings. The molecule has 0 bridgehead atoms. The third kappa shape index (κ3) is 1.08. The van der Waals surface area contributed by atoms with Crippen molar-refractivity contribution in [3.8, 4) is 0 Å². The zero-order chi connectivity index (χ0) is 11.3. The van der Waals surface area contributed by atoms with Gasteiger partial charge in [-0.05, 0) is 18.1 Å². The number of halogens is 1. The fraction of sp³-hybridized carbons (Fsp3) is 0.417. The number of benzene rings is 1. The van der Waals surface area contributed by atoms with Crippen molar-refractivity contribution in [2.75, 3.05) is 7.11 Å². The second-order valence-corrected chi connectivity index (χ2v) is 4.38. The number of methoxy groups -OCH3 is 1. The molecule has 0 saturated heterocycles. The highest BCUT2D eigenvalue weighted by Gasteiger charge is 2.63. The Bertz CT molecular complexity index is 474. The molecule has 16 heavy (non-hydrogen) atoms. The molecule has 1 heterocycles. The fourth-order valence-corrected chi connectivity index (χ4v) is 2.65. The van der Waals surface area contributed by atoms with E-state index in [0.29, 0.717) is 18.5 Å². The summed E-state index contributed by atoms with van der Waals surface area (Å²) in [5, 5.41) is 3.10. The second kappa shape index (κ2) is 3.04. The molecule has 0 spiro atoms. The van der Waals surface area contributed by atoms with Gasteiger partial charge < -0.3 is 4.74 Å². The molecule has 0 amide bonds. The monoisotopic (exact) mass is 221 g/mol. The summed E-state index contributed by atoms with van der Waals surface area (Å²) < 4.78 is 18.3. The van der Waals surface area contributed by atoms with Gasteiger partial charge in [-0.3, -0.25) is 10.1 Å². The molecule has 84 valence electrons. The molecule has 3 nitrogen and oxygen atoms in total. The number of hydrogen-bond acceptors (Lipinski definition) is 3. The van der Waals surface area contributed by atoms with E-state index in [1.807, 2.05) is 6.07 Å². The van der Waals surface area contributed by atoms with E-state index in [1.165, 1.54) is 13.2 Å². The smallest absolute Gasteiger partial charge is 0.326 e. The molecule has 1 N–H and O–H groups in total. The van der Waals surface area contributed by atoms with Gasteiger partial charge in [-0.25, -0.2) is 4.39 Å². The van der Waals surface area contributed by atoms with E-state index in [2.05, 4.69) is 5.32 Å². The van der Waals surface area contributed by atoms with E-state index in [0.717, 1.165) is 5.56 Å². The Labute approximate surface area is 92.6 Å². The largest absolute Gasteiger partial charge is 0.468 e. The van der Waals surface area contributed by atoms with Crippen LogP contribution in [0.15, 0.2) is 18.2 Å². The van der Waals surface area contributed by atoms with Crippen LogP contribution in [0.5, 0.6) is 0 Å². The average molecular weight is 221 g/mol. The van der Waals surface area contributed by atoms with E-state index < -0.39 is 5.54 Å². The Morgan fingerprint density at radius 1 is 1.62 bits per heavy atom. The molecule has 1 aromatic carbocycles. The van der Waals surface area contributed by atoms with Gasteiger partial charge in [-0.2, -0.15) is 0 Å². The van der Waals surface area contributed by atoms with E-state index >= 15 is 0 Å². The first-order chi connectivity index (χ1) is 7.69. The summed E-state index contributed by atoms with van der Waals surface area (Å²) in [4.78, 5) is 11.6. The maximum absolute atomic E-state index is 13.5. The van der Waals surface area contributed by atoms with Gasteiger partial charge in [-0.15, -0.1) is 0 Å². The van der Waals surface area contributed by atoms with Crippen molar-refractivity contribution >= 4 is 5.97 Å². The lowest BCUT2D eigenvalue weighted by atomic mass is 9.95. The summed E-state index contributed by atoms with van der Waals surface area (Å²) in [6, 6.07) is 5.04. The van der Waals surface area contributed by atoms with Gasteiger partial charge in [0.2, 0.25) is 0 Å². The van der Waals surface area contributed by atoms with Crippen molar-refractivity contribution in [3.05, 3.63) is 35.1 Å². The number of ether oxygens (including phenoxy) is 1. The number of nitrogens with one attached hydrogen (secondary N) is 1. The zero-order valence-electron chi connectivity index (χ0n) is 8.92. The van der Waals surface area contributed by atoms with Crippen molar-refractivity contribution in [2.45, 2.75) is 24.4 Å². The van der Waals surface area contributed by atoms with Crippen LogP contribution >= 0.6 is 0 Å². The number of esters is 1. The highest BCUT2D eigenvalue weighted by molar-refractivity contribution is 5.87. The molecule has 3 rings (SSSR count). The lowest BCUT2D eigenvalue weighted by Crippen LogP contribution is -2.44. The van der Waals surface area contributed by atoms with E-state index in [1.54, 1.807) is 6.07 Å². The van der Waals surface area contributed by atoms with Gasteiger partial charge in [0, 0.05) is 18.0 Å². The van der Waals surface area contributed by atoms with Crippen LogP contribution in [0.2, 0.25) is 0 Å². The summed E-state index contributed by atoms with van der Waals surface area (Å²) in [6.45, 7) is 0.396. The number of rotatable bonds is 1. The molecule has 1 saturated carbocycles. The molecule has 1 aromatic rings. The quantitative estimate of drug-likeness (QED) is 0.727. The van der Waals surface area contributed by atoms with Gasteiger partial charge in [0.1, 0.15) is 11.4 Å². The molecule has 1 aliphatic heterocycles. The third-order valence-corrected chi connectivity index (χ3v) is 3.62. The van der Waals surface area contributed by atoms with Crippen molar-refractivity contribution in [1.29, 1.82) is 0 Å².